The first-order valence-corrected chi connectivity index (χ1v) is 5.73. The van der Waals surface area contributed by atoms with Gasteiger partial charge in [-0.3, -0.25) is 4.90 Å². The van der Waals surface area contributed by atoms with Crippen LogP contribution in [0, 0.1) is 5.92 Å². The van der Waals surface area contributed by atoms with Gasteiger partial charge in [-0.05, 0) is 31.6 Å². The van der Waals surface area contributed by atoms with Crippen LogP contribution in [0.2, 0.25) is 0 Å². The van der Waals surface area contributed by atoms with Crippen molar-refractivity contribution in [2.75, 3.05) is 20.3 Å². The first kappa shape index (κ1) is 11.2. The van der Waals surface area contributed by atoms with Crippen LogP contribution in [0.3, 0.4) is 0 Å². The molecule has 5 nitrogen and oxygen atoms in total. The largest absolute Gasteiger partial charge is 0.464 e. The highest BCUT2D eigenvalue weighted by Gasteiger charge is 2.36. The van der Waals surface area contributed by atoms with Gasteiger partial charge >= 0.3 is 12.1 Å². The second-order valence-corrected chi connectivity index (χ2v) is 4.39. The van der Waals surface area contributed by atoms with Gasteiger partial charge < -0.3 is 9.47 Å². The highest BCUT2D eigenvalue weighted by Crippen LogP contribution is 2.29. The van der Waals surface area contributed by atoms with Crippen LogP contribution in [-0.2, 0) is 14.3 Å². The topological polar surface area (TPSA) is 55.8 Å². The van der Waals surface area contributed by atoms with Crippen molar-refractivity contribution in [3.05, 3.63) is 0 Å². The molecule has 1 aliphatic heterocycles. The van der Waals surface area contributed by atoms with Crippen LogP contribution in [0.25, 0.3) is 0 Å². The smallest absolute Gasteiger partial charge is 0.410 e. The third kappa shape index (κ3) is 2.46. The molecule has 0 aromatic carbocycles. The van der Waals surface area contributed by atoms with Crippen LogP contribution in [0.1, 0.15) is 25.7 Å². The lowest BCUT2D eigenvalue weighted by Crippen LogP contribution is -2.41. The lowest BCUT2D eigenvalue weighted by Gasteiger charge is -2.21. The number of esters is 1. The first-order chi connectivity index (χ1) is 7.72. The molecule has 0 aromatic rings. The van der Waals surface area contributed by atoms with Crippen LogP contribution in [-0.4, -0.2) is 43.3 Å². The molecule has 0 aromatic heterocycles. The number of hydrogen-bond acceptors (Lipinski definition) is 4. The maximum atomic E-state index is 11.7. The van der Waals surface area contributed by atoms with Crippen molar-refractivity contribution in [3.8, 4) is 0 Å². The minimum atomic E-state index is -0.439. The summed E-state index contributed by atoms with van der Waals surface area (Å²) in [6, 6.07) is -0.439. The SMILES string of the molecule is COC(=O)N1CCC[C@@H]1C(=O)OCC1CC1. The zero-order valence-electron chi connectivity index (χ0n) is 9.48. The molecule has 1 amide bonds. The summed E-state index contributed by atoms with van der Waals surface area (Å²) in [5.74, 6) is 0.270. The van der Waals surface area contributed by atoms with Gasteiger partial charge in [0.05, 0.1) is 13.7 Å². The molecule has 16 heavy (non-hydrogen) atoms. The standard InChI is InChI=1S/C11H17NO4/c1-15-11(14)12-6-2-3-9(12)10(13)16-7-8-4-5-8/h8-9H,2-7H2,1H3/t9-/m1/s1. The summed E-state index contributed by atoms with van der Waals surface area (Å²) >= 11 is 0. The monoisotopic (exact) mass is 227 g/mol. The van der Waals surface area contributed by atoms with E-state index in [0.717, 1.165) is 19.3 Å². The number of nitrogens with zero attached hydrogens (tertiary/aromatic N) is 1. The molecule has 5 heteroatoms. The molecule has 2 fully saturated rings. The molecule has 1 aliphatic carbocycles. The zero-order chi connectivity index (χ0) is 11.5. The molecule has 0 radical (unpaired) electrons. The van der Waals surface area contributed by atoms with Crippen molar-refractivity contribution in [3.63, 3.8) is 0 Å². The fourth-order valence-electron chi connectivity index (χ4n) is 1.93. The Hall–Kier alpha value is -1.26. The van der Waals surface area contributed by atoms with E-state index in [1.165, 1.54) is 12.0 Å². The predicted molar refractivity (Wildman–Crippen MR) is 55.8 cm³/mol. The van der Waals surface area contributed by atoms with Crippen LogP contribution in [0.4, 0.5) is 4.79 Å². The summed E-state index contributed by atoms with van der Waals surface area (Å²) in [7, 11) is 1.33. The van der Waals surface area contributed by atoms with Crippen molar-refractivity contribution >= 4 is 12.1 Å². The van der Waals surface area contributed by atoms with E-state index in [0.29, 0.717) is 25.5 Å². The number of carbonyl (C=O) groups excluding carboxylic acids is 2. The molecular formula is C11H17NO4. The summed E-state index contributed by atoms with van der Waals surface area (Å²) < 4.78 is 9.82. The molecule has 0 N–H and O–H groups in total. The third-order valence-electron chi connectivity index (χ3n) is 3.09. The predicted octanol–water partition coefficient (Wildman–Crippen LogP) is 1.17. The number of likely N-dealkylation sites (tertiary alicyclic amines) is 1. The van der Waals surface area contributed by atoms with Gasteiger partial charge in [0.25, 0.3) is 0 Å². The van der Waals surface area contributed by atoms with E-state index in [9.17, 15) is 9.59 Å². The van der Waals surface area contributed by atoms with E-state index < -0.39 is 12.1 Å². The molecule has 0 spiro atoms. The molecule has 1 atom stereocenters. The molecular weight excluding hydrogens is 210 g/mol. The van der Waals surface area contributed by atoms with E-state index in [1.54, 1.807) is 0 Å². The lowest BCUT2D eigenvalue weighted by atomic mass is 10.2. The molecule has 1 saturated heterocycles. The summed E-state index contributed by atoms with van der Waals surface area (Å²) in [4.78, 5) is 24.6. The van der Waals surface area contributed by atoms with Gasteiger partial charge in [-0.15, -0.1) is 0 Å². The average molecular weight is 227 g/mol. The Morgan fingerprint density at radius 3 is 2.69 bits per heavy atom. The Bertz CT molecular complexity index is 288. The number of rotatable bonds is 3. The molecule has 90 valence electrons. The van der Waals surface area contributed by atoms with Gasteiger partial charge in [0.15, 0.2) is 0 Å². The van der Waals surface area contributed by atoms with E-state index in [1.807, 2.05) is 0 Å². The van der Waals surface area contributed by atoms with Gasteiger partial charge in [-0.1, -0.05) is 0 Å². The van der Waals surface area contributed by atoms with Crippen LogP contribution in [0.15, 0.2) is 0 Å². The number of hydrogen-bond donors (Lipinski definition) is 0. The van der Waals surface area contributed by atoms with Gasteiger partial charge in [-0.2, -0.15) is 0 Å². The van der Waals surface area contributed by atoms with Crippen molar-refractivity contribution < 1.29 is 19.1 Å². The Morgan fingerprint density at radius 2 is 2.06 bits per heavy atom. The van der Waals surface area contributed by atoms with E-state index in [2.05, 4.69) is 4.74 Å². The molecule has 2 aliphatic rings. The average Bonchev–Trinajstić information content (AvgIpc) is 2.99. The highest BCUT2D eigenvalue weighted by molar-refractivity contribution is 5.82. The van der Waals surface area contributed by atoms with Gasteiger partial charge in [-0.25, -0.2) is 9.59 Å². The van der Waals surface area contributed by atoms with Gasteiger partial charge in [0.2, 0.25) is 0 Å². The molecule has 1 saturated carbocycles. The zero-order valence-corrected chi connectivity index (χ0v) is 9.48. The van der Waals surface area contributed by atoms with Gasteiger partial charge in [0.1, 0.15) is 6.04 Å². The van der Waals surface area contributed by atoms with Gasteiger partial charge in [0, 0.05) is 6.54 Å². The second kappa shape index (κ2) is 4.72. The first-order valence-electron chi connectivity index (χ1n) is 5.73. The second-order valence-electron chi connectivity index (χ2n) is 4.39. The van der Waals surface area contributed by atoms with Crippen molar-refractivity contribution in [1.82, 2.24) is 4.90 Å². The minimum absolute atomic E-state index is 0.283. The maximum Gasteiger partial charge on any atom is 0.410 e. The van der Waals surface area contributed by atoms with Crippen LogP contribution in [0.5, 0.6) is 0 Å². The molecule has 0 unspecified atom stereocenters. The quantitative estimate of drug-likeness (QED) is 0.679. The summed E-state index contributed by atoms with van der Waals surface area (Å²) in [6.45, 7) is 1.08. The Morgan fingerprint density at radius 1 is 1.31 bits per heavy atom. The molecule has 2 rings (SSSR count). The summed E-state index contributed by atoms with van der Waals surface area (Å²) in [5.41, 5.74) is 0. The lowest BCUT2D eigenvalue weighted by molar-refractivity contribution is -0.148. The number of ether oxygens (including phenoxy) is 2. The summed E-state index contributed by atoms with van der Waals surface area (Å²) in [5, 5.41) is 0. The fourth-order valence-corrected chi connectivity index (χ4v) is 1.93. The molecule has 0 bridgehead atoms. The van der Waals surface area contributed by atoms with E-state index in [-0.39, 0.29) is 5.97 Å². The minimum Gasteiger partial charge on any atom is -0.464 e. The summed E-state index contributed by atoms with van der Waals surface area (Å²) in [6.07, 6.45) is 3.37. The molecule has 1 heterocycles. The Kier molecular flexibility index (Phi) is 3.31. The van der Waals surface area contributed by atoms with E-state index in [4.69, 9.17) is 4.74 Å². The van der Waals surface area contributed by atoms with Crippen molar-refractivity contribution in [1.29, 1.82) is 0 Å². The normalized spacial score (nSPS) is 24.3. The van der Waals surface area contributed by atoms with Crippen LogP contribution < -0.4 is 0 Å². The number of carbonyl (C=O) groups is 2. The van der Waals surface area contributed by atoms with Crippen molar-refractivity contribution in [2.45, 2.75) is 31.7 Å². The maximum absolute atomic E-state index is 11.7. The number of amides is 1. The van der Waals surface area contributed by atoms with E-state index >= 15 is 0 Å². The number of methoxy groups -OCH3 is 1. The van der Waals surface area contributed by atoms with Crippen molar-refractivity contribution in [2.24, 2.45) is 5.92 Å². The third-order valence-corrected chi connectivity index (χ3v) is 3.09. The highest BCUT2D eigenvalue weighted by atomic mass is 16.6. The fraction of sp³-hybridized carbons (Fsp3) is 0.818. The Labute approximate surface area is 94.7 Å². The van der Waals surface area contributed by atoms with Crippen LogP contribution >= 0.6 is 0 Å². The Balaban J connectivity index is 1.85.